The molecule has 90 valence electrons. The van der Waals surface area contributed by atoms with Gasteiger partial charge in [-0.05, 0) is 26.0 Å². The molecule has 0 bridgehead atoms. The zero-order valence-corrected chi connectivity index (χ0v) is 10.0. The van der Waals surface area contributed by atoms with Crippen LogP contribution in [0.2, 0.25) is 5.02 Å². The second-order valence-electron chi connectivity index (χ2n) is 3.97. The molecule has 17 heavy (non-hydrogen) atoms. The Morgan fingerprint density at radius 3 is 2.53 bits per heavy atom. The lowest BCUT2D eigenvalue weighted by molar-refractivity contribution is 0.0925. The van der Waals surface area contributed by atoms with E-state index in [4.69, 9.17) is 18.0 Å². The molecule has 1 aromatic rings. The van der Waals surface area contributed by atoms with Gasteiger partial charge in [-0.1, -0.05) is 17.5 Å². The van der Waals surface area contributed by atoms with E-state index in [1.807, 2.05) is 0 Å². The van der Waals surface area contributed by atoms with Crippen LogP contribution < -0.4 is 5.32 Å². The van der Waals surface area contributed by atoms with Gasteiger partial charge in [-0.3, -0.25) is 4.79 Å². The van der Waals surface area contributed by atoms with Gasteiger partial charge in [-0.2, -0.15) is 0 Å². The molecule has 0 aliphatic heterocycles. The molecule has 0 heterocycles. The molecule has 0 atom stereocenters. The number of terminal acetylenes is 1. The van der Waals surface area contributed by atoms with E-state index in [-0.39, 0.29) is 5.02 Å². The third-order valence-electron chi connectivity index (χ3n) is 2.04. The minimum absolute atomic E-state index is 0.379. The summed E-state index contributed by atoms with van der Waals surface area (Å²) in [5.74, 6) is -0.243. The number of hydrogen-bond donors (Lipinski definition) is 1. The third-order valence-corrected chi connectivity index (χ3v) is 2.33. The Balaban J connectivity index is 3.07. The van der Waals surface area contributed by atoms with Crippen LogP contribution in [0.15, 0.2) is 12.1 Å². The van der Waals surface area contributed by atoms with Gasteiger partial charge in [0.1, 0.15) is 11.6 Å². The van der Waals surface area contributed by atoms with Crippen LogP contribution in [-0.4, -0.2) is 11.4 Å². The summed E-state index contributed by atoms with van der Waals surface area (Å²) in [6, 6.07) is 1.48. The summed E-state index contributed by atoms with van der Waals surface area (Å²) in [6.45, 7) is 3.13. The maximum Gasteiger partial charge on any atom is 0.255 e. The molecule has 0 aromatic heterocycles. The number of hydrogen-bond acceptors (Lipinski definition) is 1. The summed E-state index contributed by atoms with van der Waals surface area (Å²) in [6.07, 6.45) is 5.17. The number of carbonyl (C=O) groups is 1. The van der Waals surface area contributed by atoms with Gasteiger partial charge >= 0.3 is 0 Å². The fourth-order valence-electron chi connectivity index (χ4n) is 1.08. The van der Waals surface area contributed by atoms with Crippen LogP contribution in [0.25, 0.3) is 0 Å². The van der Waals surface area contributed by atoms with Gasteiger partial charge in [0.05, 0.1) is 16.1 Å². The highest BCUT2D eigenvalue weighted by molar-refractivity contribution is 6.30. The van der Waals surface area contributed by atoms with Crippen molar-refractivity contribution in [1.82, 2.24) is 5.32 Å². The summed E-state index contributed by atoms with van der Waals surface area (Å²) in [7, 11) is 0. The second kappa shape index (κ2) is 4.72. The van der Waals surface area contributed by atoms with Crippen molar-refractivity contribution >= 4 is 17.5 Å². The zero-order valence-electron chi connectivity index (χ0n) is 9.27. The van der Waals surface area contributed by atoms with Crippen molar-refractivity contribution in [2.75, 3.05) is 0 Å². The van der Waals surface area contributed by atoms with Crippen LogP contribution in [0.3, 0.4) is 0 Å². The van der Waals surface area contributed by atoms with Crippen LogP contribution in [0, 0.1) is 24.0 Å². The molecule has 0 saturated heterocycles. The Labute approximate surface area is 103 Å². The van der Waals surface area contributed by atoms with E-state index < -0.39 is 28.6 Å². The molecule has 0 spiro atoms. The minimum atomic E-state index is -0.945. The van der Waals surface area contributed by atoms with E-state index in [9.17, 15) is 13.6 Å². The topological polar surface area (TPSA) is 29.1 Å². The van der Waals surface area contributed by atoms with E-state index in [0.29, 0.717) is 0 Å². The first-order valence-electron chi connectivity index (χ1n) is 4.71. The van der Waals surface area contributed by atoms with Gasteiger partial charge in [-0.25, -0.2) is 8.78 Å². The summed E-state index contributed by atoms with van der Waals surface area (Å²) >= 11 is 5.37. The standard InChI is InChI=1S/C12H10ClF2NO/c1-4-12(2,3)16-11(17)7-5-10(15)8(13)6-9(7)14/h1,5-6H,2-3H3,(H,16,17). The fourth-order valence-corrected chi connectivity index (χ4v) is 1.23. The monoisotopic (exact) mass is 257 g/mol. The highest BCUT2D eigenvalue weighted by Gasteiger charge is 2.21. The largest absolute Gasteiger partial charge is 0.336 e. The maximum atomic E-state index is 13.4. The Hall–Kier alpha value is -1.60. The van der Waals surface area contributed by atoms with Crippen LogP contribution >= 0.6 is 11.6 Å². The summed E-state index contributed by atoms with van der Waals surface area (Å²) in [5, 5.41) is 2.01. The Morgan fingerprint density at radius 2 is 2.00 bits per heavy atom. The summed E-state index contributed by atoms with van der Waals surface area (Å²) in [4.78, 5) is 11.6. The van der Waals surface area contributed by atoms with Crippen molar-refractivity contribution in [3.8, 4) is 12.3 Å². The first-order chi connectivity index (χ1) is 7.76. The van der Waals surface area contributed by atoms with Gasteiger partial charge in [0.15, 0.2) is 0 Å². The number of nitrogens with one attached hydrogen (secondary N) is 1. The van der Waals surface area contributed by atoms with Crippen LogP contribution in [0.4, 0.5) is 8.78 Å². The first kappa shape index (κ1) is 13.5. The summed E-state index contributed by atoms with van der Waals surface area (Å²) in [5.41, 5.74) is -1.38. The third kappa shape index (κ3) is 3.18. The smallest absolute Gasteiger partial charge is 0.255 e. The average molecular weight is 258 g/mol. The molecule has 0 aliphatic rings. The molecule has 0 unspecified atom stereocenters. The number of carbonyl (C=O) groups excluding carboxylic acids is 1. The van der Waals surface area contributed by atoms with Gasteiger partial charge in [0, 0.05) is 0 Å². The first-order valence-corrected chi connectivity index (χ1v) is 5.09. The highest BCUT2D eigenvalue weighted by Crippen LogP contribution is 2.19. The van der Waals surface area contributed by atoms with Gasteiger partial charge in [0.25, 0.3) is 5.91 Å². The van der Waals surface area contributed by atoms with E-state index in [2.05, 4.69) is 11.2 Å². The molecule has 1 aromatic carbocycles. The Bertz CT molecular complexity index is 506. The van der Waals surface area contributed by atoms with Gasteiger partial charge in [0.2, 0.25) is 0 Å². The minimum Gasteiger partial charge on any atom is -0.336 e. The normalized spacial score (nSPS) is 10.8. The number of rotatable bonds is 2. The van der Waals surface area contributed by atoms with Crippen molar-refractivity contribution in [3.63, 3.8) is 0 Å². The molecule has 0 saturated carbocycles. The van der Waals surface area contributed by atoms with Crippen LogP contribution in [-0.2, 0) is 0 Å². The molecular weight excluding hydrogens is 248 g/mol. The predicted molar refractivity (Wildman–Crippen MR) is 61.7 cm³/mol. The van der Waals surface area contributed by atoms with Crippen molar-refractivity contribution in [1.29, 1.82) is 0 Å². The molecule has 1 N–H and O–H groups in total. The van der Waals surface area contributed by atoms with E-state index in [1.54, 1.807) is 13.8 Å². The number of halogens is 3. The average Bonchev–Trinajstić information content (AvgIpc) is 2.22. The quantitative estimate of drug-likeness (QED) is 0.641. The Kier molecular flexibility index (Phi) is 3.74. The van der Waals surface area contributed by atoms with E-state index in [1.165, 1.54) is 0 Å². The lowest BCUT2D eigenvalue weighted by Crippen LogP contribution is -2.42. The van der Waals surface area contributed by atoms with Crippen molar-refractivity contribution in [2.45, 2.75) is 19.4 Å². The van der Waals surface area contributed by atoms with E-state index in [0.717, 1.165) is 12.1 Å². The van der Waals surface area contributed by atoms with Crippen molar-refractivity contribution in [2.24, 2.45) is 0 Å². The molecule has 0 fully saturated rings. The van der Waals surface area contributed by atoms with Crippen molar-refractivity contribution in [3.05, 3.63) is 34.4 Å². The summed E-state index contributed by atoms with van der Waals surface area (Å²) < 4.78 is 26.5. The SMILES string of the molecule is C#CC(C)(C)NC(=O)c1cc(F)c(Cl)cc1F. The van der Waals surface area contributed by atoms with Crippen LogP contribution in [0.5, 0.6) is 0 Å². The predicted octanol–water partition coefficient (Wildman–Crippen LogP) is 2.76. The molecule has 1 amide bonds. The highest BCUT2D eigenvalue weighted by atomic mass is 35.5. The van der Waals surface area contributed by atoms with Crippen LogP contribution in [0.1, 0.15) is 24.2 Å². The van der Waals surface area contributed by atoms with Gasteiger partial charge < -0.3 is 5.32 Å². The zero-order chi connectivity index (χ0) is 13.2. The van der Waals surface area contributed by atoms with Gasteiger partial charge in [-0.15, -0.1) is 6.42 Å². The molecule has 0 radical (unpaired) electrons. The molecule has 0 aliphatic carbocycles. The molecule has 2 nitrogen and oxygen atoms in total. The lowest BCUT2D eigenvalue weighted by Gasteiger charge is -2.19. The number of amides is 1. The van der Waals surface area contributed by atoms with E-state index >= 15 is 0 Å². The second-order valence-corrected chi connectivity index (χ2v) is 4.38. The molecular formula is C12H10ClF2NO. The molecule has 5 heteroatoms. The maximum absolute atomic E-state index is 13.4. The fraction of sp³-hybridized carbons (Fsp3) is 0.250. The van der Waals surface area contributed by atoms with Crippen molar-refractivity contribution < 1.29 is 13.6 Å². The lowest BCUT2D eigenvalue weighted by atomic mass is 10.1. The molecule has 1 rings (SSSR count). The Morgan fingerprint density at radius 1 is 1.41 bits per heavy atom. The number of benzene rings is 1.